The van der Waals surface area contributed by atoms with Crippen LogP contribution in [0, 0.1) is 0 Å². The first kappa shape index (κ1) is 12.9. The highest BCUT2D eigenvalue weighted by atomic mass is 32.1. The standard InChI is InChI=1S/C13H16N2O2S/c1-17-7-6-15-10-11(4-5-13(15)16)14-9-12-3-2-8-18-12/h2-5,8,10,14H,6-7,9H2,1H3. The van der Waals surface area contributed by atoms with E-state index in [1.54, 1.807) is 35.1 Å². The summed E-state index contributed by atoms with van der Waals surface area (Å²) in [6.07, 6.45) is 1.83. The molecule has 0 saturated carbocycles. The quantitative estimate of drug-likeness (QED) is 0.869. The van der Waals surface area contributed by atoms with E-state index in [4.69, 9.17) is 4.74 Å². The number of pyridine rings is 1. The molecule has 18 heavy (non-hydrogen) atoms. The maximum absolute atomic E-state index is 11.6. The summed E-state index contributed by atoms with van der Waals surface area (Å²) in [6.45, 7) is 1.89. The molecule has 0 amide bonds. The molecule has 0 saturated heterocycles. The topological polar surface area (TPSA) is 43.3 Å². The van der Waals surface area contributed by atoms with Gasteiger partial charge < -0.3 is 14.6 Å². The van der Waals surface area contributed by atoms with E-state index in [-0.39, 0.29) is 5.56 Å². The van der Waals surface area contributed by atoms with Crippen LogP contribution in [-0.2, 0) is 17.8 Å². The Hall–Kier alpha value is -1.59. The van der Waals surface area contributed by atoms with Gasteiger partial charge in [0.05, 0.1) is 12.3 Å². The summed E-state index contributed by atoms with van der Waals surface area (Å²) < 4.78 is 6.63. The van der Waals surface area contributed by atoms with Crippen LogP contribution < -0.4 is 10.9 Å². The fourth-order valence-corrected chi connectivity index (χ4v) is 2.25. The average Bonchev–Trinajstić information content (AvgIpc) is 2.89. The zero-order valence-corrected chi connectivity index (χ0v) is 11.1. The third kappa shape index (κ3) is 3.45. The third-order valence-corrected chi connectivity index (χ3v) is 3.44. The Kier molecular flexibility index (Phi) is 4.55. The fraction of sp³-hybridized carbons (Fsp3) is 0.308. The summed E-state index contributed by atoms with van der Waals surface area (Å²) in [5.74, 6) is 0. The monoisotopic (exact) mass is 264 g/mol. The van der Waals surface area contributed by atoms with Crippen LogP contribution in [0.2, 0.25) is 0 Å². The molecule has 5 heteroatoms. The number of hydrogen-bond donors (Lipinski definition) is 1. The van der Waals surface area contributed by atoms with Crippen LogP contribution in [-0.4, -0.2) is 18.3 Å². The molecule has 2 heterocycles. The minimum absolute atomic E-state index is 0.00581. The molecule has 96 valence electrons. The molecule has 0 bridgehead atoms. The lowest BCUT2D eigenvalue weighted by Crippen LogP contribution is -2.21. The van der Waals surface area contributed by atoms with Gasteiger partial charge in [0.1, 0.15) is 0 Å². The van der Waals surface area contributed by atoms with Crippen molar-refractivity contribution in [2.45, 2.75) is 13.1 Å². The van der Waals surface area contributed by atoms with Crippen LogP contribution in [0.1, 0.15) is 4.88 Å². The van der Waals surface area contributed by atoms with Crippen LogP contribution in [0.15, 0.2) is 40.6 Å². The van der Waals surface area contributed by atoms with Crippen LogP contribution in [0.3, 0.4) is 0 Å². The number of ether oxygens (including phenoxy) is 1. The highest BCUT2D eigenvalue weighted by Gasteiger charge is 1.99. The van der Waals surface area contributed by atoms with Gasteiger partial charge in [-0.1, -0.05) is 6.07 Å². The minimum atomic E-state index is -0.00581. The van der Waals surface area contributed by atoms with E-state index in [0.29, 0.717) is 13.2 Å². The first-order chi connectivity index (χ1) is 8.79. The molecule has 0 atom stereocenters. The number of nitrogens with one attached hydrogen (secondary N) is 1. The molecule has 2 aromatic heterocycles. The zero-order valence-electron chi connectivity index (χ0n) is 10.3. The first-order valence-electron chi connectivity index (χ1n) is 5.75. The SMILES string of the molecule is COCCn1cc(NCc2cccs2)ccc1=O. The third-order valence-electron chi connectivity index (χ3n) is 2.57. The van der Waals surface area contributed by atoms with Gasteiger partial charge in [-0.3, -0.25) is 4.79 Å². The Bertz CT molecular complexity index is 534. The van der Waals surface area contributed by atoms with Crippen molar-refractivity contribution in [2.24, 2.45) is 0 Å². The lowest BCUT2D eigenvalue weighted by molar-refractivity contribution is 0.186. The van der Waals surface area contributed by atoms with E-state index in [2.05, 4.69) is 16.8 Å². The van der Waals surface area contributed by atoms with Gasteiger partial charge in [-0.15, -0.1) is 11.3 Å². The molecule has 0 aliphatic carbocycles. The highest BCUT2D eigenvalue weighted by Crippen LogP contribution is 2.11. The molecular formula is C13H16N2O2S. The van der Waals surface area contributed by atoms with E-state index in [9.17, 15) is 4.79 Å². The van der Waals surface area contributed by atoms with Crippen LogP contribution >= 0.6 is 11.3 Å². The Morgan fingerprint density at radius 2 is 2.28 bits per heavy atom. The Balaban J connectivity index is 2.02. The Labute approximate surface area is 110 Å². The molecule has 1 N–H and O–H groups in total. The largest absolute Gasteiger partial charge is 0.383 e. The Morgan fingerprint density at radius 3 is 3.00 bits per heavy atom. The number of thiophene rings is 1. The summed E-state index contributed by atoms with van der Waals surface area (Å²) >= 11 is 1.71. The molecule has 0 aliphatic heterocycles. The van der Waals surface area contributed by atoms with E-state index in [1.807, 2.05) is 12.3 Å². The fourth-order valence-electron chi connectivity index (χ4n) is 1.60. The summed E-state index contributed by atoms with van der Waals surface area (Å²) in [7, 11) is 1.63. The van der Waals surface area contributed by atoms with Gasteiger partial charge in [-0.05, 0) is 17.5 Å². The van der Waals surface area contributed by atoms with Crippen molar-refractivity contribution in [1.82, 2.24) is 4.57 Å². The van der Waals surface area contributed by atoms with Crippen LogP contribution in [0.4, 0.5) is 5.69 Å². The number of nitrogens with zero attached hydrogens (tertiary/aromatic N) is 1. The predicted molar refractivity (Wildman–Crippen MR) is 74.2 cm³/mol. The van der Waals surface area contributed by atoms with E-state index in [0.717, 1.165) is 12.2 Å². The molecule has 0 radical (unpaired) electrons. The Morgan fingerprint density at radius 1 is 1.39 bits per heavy atom. The van der Waals surface area contributed by atoms with E-state index >= 15 is 0 Å². The normalized spacial score (nSPS) is 10.5. The second kappa shape index (κ2) is 6.37. The summed E-state index contributed by atoms with van der Waals surface area (Å²) in [5.41, 5.74) is 0.938. The summed E-state index contributed by atoms with van der Waals surface area (Å²) in [4.78, 5) is 12.9. The van der Waals surface area contributed by atoms with Crippen molar-refractivity contribution in [3.63, 3.8) is 0 Å². The predicted octanol–water partition coefficient (Wildman–Crippen LogP) is 2.17. The molecule has 2 rings (SSSR count). The molecule has 0 spiro atoms. The van der Waals surface area contributed by atoms with Gasteiger partial charge in [-0.2, -0.15) is 0 Å². The smallest absolute Gasteiger partial charge is 0.250 e. The number of rotatable bonds is 6. The van der Waals surface area contributed by atoms with Crippen molar-refractivity contribution in [3.05, 3.63) is 51.1 Å². The van der Waals surface area contributed by atoms with E-state index < -0.39 is 0 Å². The highest BCUT2D eigenvalue weighted by molar-refractivity contribution is 7.09. The van der Waals surface area contributed by atoms with Gasteiger partial charge in [0.15, 0.2) is 0 Å². The molecule has 0 fully saturated rings. The number of hydrogen-bond acceptors (Lipinski definition) is 4. The lowest BCUT2D eigenvalue weighted by atomic mass is 10.3. The van der Waals surface area contributed by atoms with Crippen LogP contribution in [0.25, 0.3) is 0 Å². The summed E-state index contributed by atoms with van der Waals surface area (Å²) in [6, 6.07) is 7.49. The van der Waals surface area contributed by atoms with Gasteiger partial charge in [-0.25, -0.2) is 0 Å². The maximum atomic E-state index is 11.6. The lowest BCUT2D eigenvalue weighted by Gasteiger charge is -2.09. The number of anilines is 1. The average molecular weight is 264 g/mol. The van der Waals surface area contributed by atoms with Crippen molar-refractivity contribution in [1.29, 1.82) is 0 Å². The molecule has 0 aromatic carbocycles. The number of aromatic nitrogens is 1. The van der Waals surface area contributed by atoms with Crippen LogP contribution in [0.5, 0.6) is 0 Å². The maximum Gasteiger partial charge on any atom is 0.250 e. The number of methoxy groups -OCH3 is 1. The van der Waals surface area contributed by atoms with E-state index in [1.165, 1.54) is 4.88 Å². The first-order valence-corrected chi connectivity index (χ1v) is 6.63. The molecular weight excluding hydrogens is 248 g/mol. The van der Waals surface area contributed by atoms with Gasteiger partial charge >= 0.3 is 0 Å². The zero-order chi connectivity index (χ0) is 12.8. The second-order valence-corrected chi connectivity index (χ2v) is 4.91. The van der Waals surface area contributed by atoms with Gasteiger partial charge in [0.2, 0.25) is 0 Å². The minimum Gasteiger partial charge on any atom is -0.383 e. The van der Waals surface area contributed by atoms with Crippen molar-refractivity contribution in [3.8, 4) is 0 Å². The van der Waals surface area contributed by atoms with Gasteiger partial charge in [0.25, 0.3) is 5.56 Å². The molecule has 0 aliphatic rings. The van der Waals surface area contributed by atoms with Gasteiger partial charge in [0, 0.05) is 37.3 Å². The molecule has 2 aromatic rings. The summed E-state index contributed by atoms with van der Waals surface area (Å²) in [5, 5.41) is 5.35. The van der Waals surface area contributed by atoms with Crippen molar-refractivity contribution < 1.29 is 4.74 Å². The van der Waals surface area contributed by atoms with Crippen molar-refractivity contribution in [2.75, 3.05) is 19.0 Å². The van der Waals surface area contributed by atoms with Crippen molar-refractivity contribution >= 4 is 17.0 Å². The second-order valence-electron chi connectivity index (χ2n) is 3.88. The molecule has 0 unspecified atom stereocenters. The molecule has 4 nitrogen and oxygen atoms in total.